The average molecular weight is 369 g/mol. The van der Waals surface area contributed by atoms with Crippen LogP contribution in [-0.4, -0.2) is 49.6 Å². The first-order valence-electron chi connectivity index (χ1n) is 8.92. The van der Waals surface area contributed by atoms with E-state index in [1.807, 2.05) is 37.3 Å². The molecule has 0 unspecified atom stereocenters. The number of hydrogen-bond donors (Lipinski definition) is 2. The van der Waals surface area contributed by atoms with E-state index in [4.69, 9.17) is 9.47 Å². The molecule has 0 spiro atoms. The van der Waals surface area contributed by atoms with Crippen molar-refractivity contribution in [1.29, 1.82) is 0 Å². The summed E-state index contributed by atoms with van der Waals surface area (Å²) in [4.78, 5) is 26.2. The van der Waals surface area contributed by atoms with Gasteiger partial charge >= 0.3 is 0 Å². The van der Waals surface area contributed by atoms with Gasteiger partial charge in [-0.1, -0.05) is 18.2 Å². The highest BCUT2D eigenvalue weighted by atomic mass is 16.6. The lowest BCUT2D eigenvalue weighted by atomic mass is 10.2. The maximum Gasteiger partial charge on any atom is 0.243 e. The van der Waals surface area contributed by atoms with Crippen LogP contribution in [0.25, 0.3) is 0 Å². The third kappa shape index (κ3) is 5.13. The molecule has 2 aromatic carbocycles. The molecule has 2 amide bonds. The van der Waals surface area contributed by atoms with Crippen LogP contribution < -0.4 is 20.1 Å². The van der Waals surface area contributed by atoms with Crippen molar-refractivity contribution in [3.63, 3.8) is 0 Å². The summed E-state index contributed by atoms with van der Waals surface area (Å²) in [5, 5.41) is 5.86. The Morgan fingerprint density at radius 2 is 1.74 bits per heavy atom. The lowest BCUT2D eigenvalue weighted by molar-refractivity contribution is -0.132. The predicted molar refractivity (Wildman–Crippen MR) is 103 cm³/mol. The van der Waals surface area contributed by atoms with Crippen LogP contribution >= 0.6 is 0 Å². The lowest BCUT2D eigenvalue weighted by Crippen LogP contribution is -2.40. The van der Waals surface area contributed by atoms with Crippen LogP contribution in [0.5, 0.6) is 11.5 Å². The van der Waals surface area contributed by atoms with Gasteiger partial charge in [0.15, 0.2) is 11.5 Å². The fourth-order valence-corrected chi connectivity index (χ4v) is 2.72. The van der Waals surface area contributed by atoms with E-state index in [0.717, 1.165) is 5.69 Å². The number of carbonyl (C=O) groups excluding carboxylic acids is 2. The summed E-state index contributed by atoms with van der Waals surface area (Å²) in [5.41, 5.74) is 1.47. The van der Waals surface area contributed by atoms with Crippen molar-refractivity contribution >= 4 is 23.2 Å². The number of amides is 2. The van der Waals surface area contributed by atoms with Gasteiger partial charge < -0.3 is 25.0 Å². The van der Waals surface area contributed by atoms with E-state index in [2.05, 4.69) is 10.6 Å². The molecule has 0 aliphatic carbocycles. The van der Waals surface area contributed by atoms with Gasteiger partial charge in [-0.15, -0.1) is 0 Å². The highest BCUT2D eigenvalue weighted by molar-refractivity contribution is 5.95. The molecule has 27 heavy (non-hydrogen) atoms. The largest absolute Gasteiger partial charge is 0.486 e. The van der Waals surface area contributed by atoms with Gasteiger partial charge in [-0.3, -0.25) is 9.59 Å². The molecular weight excluding hydrogens is 346 g/mol. The van der Waals surface area contributed by atoms with Crippen molar-refractivity contribution in [3.8, 4) is 11.5 Å². The minimum absolute atomic E-state index is 0.0136. The molecule has 7 nitrogen and oxygen atoms in total. The molecule has 3 rings (SSSR count). The first kappa shape index (κ1) is 18.6. The summed E-state index contributed by atoms with van der Waals surface area (Å²) in [6, 6.07) is 14.7. The Hall–Kier alpha value is -3.22. The zero-order chi connectivity index (χ0) is 19.1. The zero-order valence-electron chi connectivity index (χ0n) is 15.2. The van der Waals surface area contributed by atoms with Gasteiger partial charge in [0.25, 0.3) is 0 Å². The Kier molecular flexibility index (Phi) is 6.14. The summed E-state index contributed by atoms with van der Waals surface area (Å²) < 4.78 is 11.0. The minimum Gasteiger partial charge on any atom is -0.486 e. The molecule has 142 valence electrons. The molecule has 0 atom stereocenters. The lowest BCUT2D eigenvalue weighted by Gasteiger charge is -2.22. The number of rotatable bonds is 7. The van der Waals surface area contributed by atoms with Crippen molar-refractivity contribution in [2.24, 2.45) is 0 Å². The number of benzene rings is 2. The van der Waals surface area contributed by atoms with Crippen molar-refractivity contribution in [1.82, 2.24) is 4.90 Å². The number of nitrogens with one attached hydrogen (secondary N) is 2. The standard InChI is InChI=1S/C20H23N3O4/c1-2-23(20(25)13-21-15-6-4-3-5-7-15)14-19(24)22-16-8-9-17-18(12-16)27-11-10-26-17/h3-9,12,21H,2,10-11,13-14H2,1H3,(H,22,24). The highest BCUT2D eigenvalue weighted by Crippen LogP contribution is 2.32. The highest BCUT2D eigenvalue weighted by Gasteiger charge is 2.17. The van der Waals surface area contributed by atoms with Gasteiger partial charge in [0, 0.05) is 24.0 Å². The van der Waals surface area contributed by atoms with E-state index in [9.17, 15) is 9.59 Å². The summed E-state index contributed by atoms with van der Waals surface area (Å²) in [6.45, 7) is 3.41. The van der Waals surface area contributed by atoms with Crippen molar-refractivity contribution in [3.05, 3.63) is 48.5 Å². The van der Waals surface area contributed by atoms with Gasteiger partial charge in [0.1, 0.15) is 13.2 Å². The van der Waals surface area contributed by atoms with E-state index in [0.29, 0.717) is 36.9 Å². The van der Waals surface area contributed by atoms with Gasteiger partial charge in [-0.05, 0) is 31.2 Å². The monoisotopic (exact) mass is 369 g/mol. The Bertz CT molecular complexity index is 795. The summed E-state index contributed by atoms with van der Waals surface area (Å²) >= 11 is 0. The van der Waals surface area contributed by atoms with E-state index in [-0.39, 0.29) is 24.9 Å². The Balaban J connectivity index is 1.52. The smallest absolute Gasteiger partial charge is 0.243 e. The van der Waals surface area contributed by atoms with Crippen LogP contribution in [0.4, 0.5) is 11.4 Å². The number of hydrogen-bond acceptors (Lipinski definition) is 5. The van der Waals surface area contributed by atoms with Crippen molar-refractivity contribution in [2.45, 2.75) is 6.92 Å². The number of likely N-dealkylation sites (N-methyl/N-ethyl adjacent to an activating group) is 1. The number of nitrogens with zero attached hydrogens (tertiary/aromatic N) is 1. The Labute approximate surface area is 158 Å². The molecule has 2 N–H and O–H groups in total. The normalized spacial score (nSPS) is 12.2. The SMILES string of the molecule is CCN(CC(=O)Nc1ccc2c(c1)OCCO2)C(=O)CNc1ccccc1. The number of ether oxygens (including phenoxy) is 2. The number of para-hydroxylation sites is 1. The summed E-state index contributed by atoms with van der Waals surface area (Å²) in [6.07, 6.45) is 0. The molecule has 0 radical (unpaired) electrons. The first-order chi connectivity index (χ1) is 13.2. The first-order valence-corrected chi connectivity index (χ1v) is 8.92. The number of fused-ring (bicyclic) bond motifs is 1. The number of anilines is 2. The fourth-order valence-electron chi connectivity index (χ4n) is 2.72. The predicted octanol–water partition coefficient (Wildman–Crippen LogP) is 2.36. The molecule has 1 aliphatic rings. The third-order valence-electron chi connectivity index (χ3n) is 4.11. The second-order valence-electron chi connectivity index (χ2n) is 6.03. The van der Waals surface area contributed by atoms with E-state index >= 15 is 0 Å². The Morgan fingerprint density at radius 3 is 2.48 bits per heavy atom. The van der Waals surface area contributed by atoms with Crippen LogP contribution in [0.2, 0.25) is 0 Å². The molecule has 0 saturated carbocycles. The fraction of sp³-hybridized carbons (Fsp3) is 0.300. The molecule has 0 aromatic heterocycles. The van der Waals surface area contributed by atoms with Gasteiger partial charge in [0.2, 0.25) is 11.8 Å². The second kappa shape index (κ2) is 8.93. The molecule has 1 aliphatic heterocycles. The van der Waals surface area contributed by atoms with Crippen LogP contribution in [0, 0.1) is 0 Å². The maximum absolute atomic E-state index is 12.4. The molecular formula is C20H23N3O4. The maximum atomic E-state index is 12.4. The number of carbonyl (C=O) groups is 2. The van der Waals surface area contributed by atoms with E-state index < -0.39 is 0 Å². The average Bonchev–Trinajstić information content (AvgIpc) is 2.71. The van der Waals surface area contributed by atoms with E-state index in [1.165, 1.54) is 4.90 Å². The molecule has 2 aromatic rings. The van der Waals surface area contributed by atoms with Crippen LogP contribution in [0.3, 0.4) is 0 Å². The van der Waals surface area contributed by atoms with Gasteiger partial charge in [0.05, 0.1) is 13.1 Å². The Morgan fingerprint density at radius 1 is 1.00 bits per heavy atom. The van der Waals surface area contributed by atoms with Crippen LogP contribution in [0.15, 0.2) is 48.5 Å². The van der Waals surface area contributed by atoms with Crippen molar-refractivity contribution < 1.29 is 19.1 Å². The third-order valence-corrected chi connectivity index (χ3v) is 4.11. The molecule has 7 heteroatoms. The topological polar surface area (TPSA) is 79.9 Å². The van der Waals surface area contributed by atoms with Crippen LogP contribution in [-0.2, 0) is 9.59 Å². The molecule has 0 saturated heterocycles. The van der Waals surface area contributed by atoms with E-state index in [1.54, 1.807) is 18.2 Å². The van der Waals surface area contributed by atoms with Crippen LogP contribution in [0.1, 0.15) is 6.92 Å². The molecule has 0 fully saturated rings. The quantitative estimate of drug-likeness (QED) is 0.783. The zero-order valence-corrected chi connectivity index (χ0v) is 15.2. The second-order valence-corrected chi connectivity index (χ2v) is 6.03. The van der Waals surface area contributed by atoms with Crippen molar-refractivity contribution in [2.75, 3.05) is 43.5 Å². The van der Waals surface area contributed by atoms with Gasteiger partial charge in [-0.2, -0.15) is 0 Å². The molecule has 0 bridgehead atoms. The summed E-state index contributed by atoms with van der Waals surface area (Å²) in [7, 11) is 0. The minimum atomic E-state index is -0.262. The summed E-state index contributed by atoms with van der Waals surface area (Å²) in [5.74, 6) is 0.867. The van der Waals surface area contributed by atoms with Gasteiger partial charge in [-0.25, -0.2) is 0 Å². The molecule has 1 heterocycles.